The molecule has 0 aromatic rings. The lowest BCUT2D eigenvalue weighted by Crippen LogP contribution is -2.46. The van der Waals surface area contributed by atoms with Crippen LogP contribution in [0.15, 0.2) is 0 Å². The van der Waals surface area contributed by atoms with E-state index in [0.717, 1.165) is 12.5 Å². The van der Waals surface area contributed by atoms with Gasteiger partial charge < -0.3 is 15.8 Å². The van der Waals surface area contributed by atoms with Gasteiger partial charge in [-0.3, -0.25) is 0 Å². The van der Waals surface area contributed by atoms with Crippen LogP contribution in [0.3, 0.4) is 0 Å². The zero-order valence-electron chi connectivity index (χ0n) is 10.5. The maximum Gasteiger partial charge on any atom is 0.0744 e. The third-order valence-electron chi connectivity index (χ3n) is 4.15. The second kappa shape index (κ2) is 5.99. The molecule has 3 N–H and O–H groups in total. The monoisotopic (exact) mass is 226 g/mol. The van der Waals surface area contributed by atoms with Gasteiger partial charge in [-0.05, 0) is 38.6 Å². The first kappa shape index (κ1) is 12.3. The molecular weight excluding hydrogens is 200 g/mol. The first-order valence-electron chi connectivity index (χ1n) is 6.88. The molecule has 0 aromatic carbocycles. The molecule has 2 rings (SSSR count). The van der Waals surface area contributed by atoms with Crippen molar-refractivity contribution in [3.63, 3.8) is 0 Å². The van der Waals surface area contributed by atoms with Crippen LogP contribution in [-0.4, -0.2) is 31.3 Å². The van der Waals surface area contributed by atoms with Crippen LogP contribution in [0.2, 0.25) is 0 Å². The van der Waals surface area contributed by atoms with E-state index in [1.807, 2.05) is 0 Å². The van der Waals surface area contributed by atoms with Crippen molar-refractivity contribution in [3.8, 4) is 0 Å². The highest BCUT2D eigenvalue weighted by molar-refractivity contribution is 4.84. The highest BCUT2D eigenvalue weighted by Crippen LogP contribution is 2.29. The molecule has 3 nitrogen and oxygen atoms in total. The van der Waals surface area contributed by atoms with Gasteiger partial charge in [0, 0.05) is 12.6 Å². The van der Waals surface area contributed by atoms with Gasteiger partial charge >= 0.3 is 0 Å². The number of ether oxygens (including phenoxy) is 1. The molecule has 3 unspecified atom stereocenters. The van der Waals surface area contributed by atoms with Crippen LogP contribution in [-0.2, 0) is 4.74 Å². The molecule has 0 bridgehead atoms. The van der Waals surface area contributed by atoms with Crippen LogP contribution < -0.4 is 11.1 Å². The zero-order valence-corrected chi connectivity index (χ0v) is 10.5. The fourth-order valence-electron chi connectivity index (χ4n) is 2.75. The molecule has 2 aliphatic rings. The fraction of sp³-hybridized carbons (Fsp3) is 1.00. The summed E-state index contributed by atoms with van der Waals surface area (Å²) in [5.41, 5.74) is 5.82. The average Bonchev–Trinajstić information content (AvgIpc) is 2.62. The topological polar surface area (TPSA) is 47.3 Å². The Morgan fingerprint density at radius 1 is 1.31 bits per heavy atom. The summed E-state index contributed by atoms with van der Waals surface area (Å²) in [5, 5.41) is 3.58. The molecule has 0 spiro atoms. The van der Waals surface area contributed by atoms with Crippen molar-refractivity contribution in [1.82, 2.24) is 5.32 Å². The predicted molar refractivity (Wildman–Crippen MR) is 66.4 cm³/mol. The Hall–Kier alpha value is -0.120. The summed E-state index contributed by atoms with van der Waals surface area (Å²) < 4.78 is 5.87. The standard InChI is InChI=1S/C13H26N2O/c1-10-5-6-13(16-10)12(9-14)15-8-7-11-3-2-4-11/h10-13,15H,2-9,14H2,1H3. The Bertz CT molecular complexity index is 206. The lowest BCUT2D eigenvalue weighted by atomic mass is 9.83. The van der Waals surface area contributed by atoms with Gasteiger partial charge in [0.2, 0.25) is 0 Å². The average molecular weight is 226 g/mol. The SMILES string of the molecule is CC1CCC(C(CN)NCCC2CCC2)O1. The van der Waals surface area contributed by atoms with Crippen molar-refractivity contribution in [2.45, 2.75) is 63.7 Å². The predicted octanol–water partition coefficient (Wildman–Crippen LogP) is 1.66. The highest BCUT2D eigenvalue weighted by Gasteiger charge is 2.28. The summed E-state index contributed by atoms with van der Waals surface area (Å²) in [7, 11) is 0. The Morgan fingerprint density at radius 3 is 2.62 bits per heavy atom. The Labute approximate surface area is 99.1 Å². The smallest absolute Gasteiger partial charge is 0.0744 e. The van der Waals surface area contributed by atoms with Crippen LogP contribution in [0.4, 0.5) is 0 Å². The van der Waals surface area contributed by atoms with E-state index in [2.05, 4.69) is 12.2 Å². The van der Waals surface area contributed by atoms with Crippen molar-refractivity contribution in [1.29, 1.82) is 0 Å². The van der Waals surface area contributed by atoms with Gasteiger partial charge in [-0.25, -0.2) is 0 Å². The van der Waals surface area contributed by atoms with Crippen LogP contribution >= 0.6 is 0 Å². The minimum atomic E-state index is 0.349. The van der Waals surface area contributed by atoms with E-state index in [0.29, 0.717) is 24.8 Å². The van der Waals surface area contributed by atoms with Crippen LogP contribution in [0, 0.1) is 5.92 Å². The highest BCUT2D eigenvalue weighted by atomic mass is 16.5. The minimum Gasteiger partial charge on any atom is -0.374 e. The molecule has 0 amide bonds. The van der Waals surface area contributed by atoms with E-state index < -0.39 is 0 Å². The summed E-state index contributed by atoms with van der Waals surface area (Å²) in [4.78, 5) is 0. The largest absolute Gasteiger partial charge is 0.374 e. The normalized spacial score (nSPS) is 32.6. The summed E-state index contributed by atoms with van der Waals surface area (Å²) >= 11 is 0. The lowest BCUT2D eigenvalue weighted by Gasteiger charge is -2.28. The Balaban J connectivity index is 1.64. The van der Waals surface area contributed by atoms with Crippen molar-refractivity contribution >= 4 is 0 Å². The Morgan fingerprint density at radius 2 is 2.12 bits per heavy atom. The molecule has 1 aliphatic heterocycles. The van der Waals surface area contributed by atoms with E-state index in [1.165, 1.54) is 38.5 Å². The Kier molecular flexibility index (Phi) is 4.62. The third-order valence-corrected chi connectivity index (χ3v) is 4.15. The summed E-state index contributed by atoms with van der Waals surface area (Å²) in [5.74, 6) is 0.981. The van der Waals surface area contributed by atoms with Gasteiger partial charge in [-0.2, -0.15) is 0 Å². The van der Waals surface area contributed by atoms with Crippen molar-refractivity contribution in [2.24, 2.45) is 11.7 Å². The minimum absolute atomic E-state index is 0.349. The molecule has 0 aromatic heterocycles. The number of rotatable bonds is 6. The molecular formula is C13H26N2O. The first-order chi connectivity index (χ1) is 7.79. The molecule has 0 radical (unpaired) electrons. The summed E-state index contributed by atoms with van der Waals surface area (Å²) in [6.07, 6.45) is 8.75. The van der Waals surface area contributed by atoms with Crippen LogP contribution in [0.25, 0.3) is 0 Å². The summed E-state index contributed by atoms with van der Waals surface area (Å²) in [6.45, 7) is 3.96. The molecule has 2 fully saturated rings. The second-order valence-corrected chi connectivity index (χ2v) is 5.44. The molecule has 3 atom stereocenters. The summed E-state index contributed by atoms with van der Waals surface area (Å²) in [6, 6.07) is 0.366. The van der Waals surface area contributed by atoms with Crippen molar-refractivity contribution in [2.75, 3.05) is 13.1 Å². The van der Waals surface area contributed by atoms with Gasteiger partial charge in [0.1, 0.15) is 0 Å². The van der Waals surface area contributed by atoms with Gasteiger partial charge in [0.05, 0.1) is 12.2 Å². The van der Waals surface area contributed by atoms with E-state index in [4.69, 9.17) is 10.5 Å². The number of hydrogen-bond donors (Lipinski definition) is 2. The third kappa shape index (κ3) is 3.19. The number of nitrogens with one attached hydrogen (secondary N) is 1. The molecule has 1 saturated carbocycles. The quantitative estimate of drug-likeness (QED) is 0.724. The van der Waals surface area contributed by atoms with E-state index in [9.17, 15) is 0 Å². The molecule has 1 heterocycles. The molecule has 3 heteroatoms. The van der Waals surface area contributed by atoms with Gasteiger partial charge in [-0.15, -0.1) is 0 Å². The van der Waals surface area contributed by atoms with Crippen molar-refractivity contribution in [3.05, 3.63) is 0 Å². The fourth-order valence-corrected chi connectivity index (χ4v) is 2.75. The zero-order chi connectivity index (χ0) is 11.4. The lowest BCUT2D eigenvalue weighted by molar-refractivity contribution is 0.0334. The second-order valence-electron chi connectivity index (χ2n) is 5.44. The number of nitrogens with two attached hydrogens (primary N) is 1. The van der Waals surface area contributed by atoms with Gasteiger partial charge in [-0.1, -0.05) is 19.3 Å². The van der Waals surface area contributed by atoms with Gasteiger partial charge in [0.25, 0.3) is 0 Å². The maximum absolute atomic E-state index is 5.87. The number of hydrogen-bond acceptors (Lipinski definition) is 3. The first-order valence-corrected chi connectivity index (χ1v) is 6.88. The molecule has 94 valence electrons. The molecule has 16 heavy (non-hydrogen) atoms. The van der Waals surface area contributed by atoms with E-state index >= 15 is 0 Å². The van der Waals surface area contributed by atoms with Gasteiger partial charge in [0.15, 0.2) is 0 Å². The van der Waals surface area contributed by atoms with Crippen molar-refractivity contribution < 1.29 is 4.74 Å². The van der Waals surface area contributed by atoms with E-state index in [-0.39, 0.29) is 0 Å². The maximum atomic E-state index is 5.87. The molecule has 1 saturated heterocycles. The van der Waals surface area contributed by atoms with Crippen LogP contribution in [0.5, 0.6) is 0 Å². The molecule has 1 aliphatic carbocycles. The van der Waals surface area contributed by atoms with Crippen LogP contribution in [0.1, 0.15) is 45.4 Å². The van der Waals surface area contributed by atoms with E-state index in [1.54, 1.807) is 0 Å².